The summed E-state index contributed by atoms with van der Waals surface area (Å²) < 4.78 is 21.9. The van der Waals surface area contributed by atoms with Crippen LogP contribution >= 0.6 is 0 Å². The molecule has 10 nitrogen and oxygen atoms in total. The molecular formula is C28H27N3O7. The molecular weight excluding hydrogens is 490 g/mol. The van der Waals surface area contributed by atoms with Crippen LogP contribution in [0.3, 0.4) is 0 Å². The third-order valence-electron chi connectivity index (χ3n) is 6.10. The number of fused-ring (bicyclic) bond motifs is 1. The molecule has 3 aromatic carbocycles. The fraction of sp³-hybridized carbons (Fsp3) is 0.214. The molecule has 38 heavy (non-hydrogen) atoms. The van der Waals surface area contributed by atoms with E-state index in [0.29, 0.717) is 40.7 Å². The molecule has 4 rings (SSSR count). The predicted molar refractivity (Wildman–Crippen MR) is 143 cm³/mol. The van der Waals surface area contributed by atoms with Crippen LogP contribution in [0.5, 0.6) is 23.0 Å². The van der Waals surface area contributed by atoms with Crippen LogP contribution in [0.1, 0.15) is 16.8 Å². The van der Waals surface area contributed by atoms with Crippen LogP contribution in [0.2, 0.25) is 0 Å². The molecule has 1 heterocycles. The minimum atomic E-state index is -0.479. The third-order valence-corrected chi connectivity index (χ3v) is 6.10. The van der Waals surface area contributed by atoms with Crippen molar-refractivity contribution < 1.29 is 28.7 Å². The number of nitro benzene ring substituents is 1. The Morgan fingerprint density at radius 2 is 1.47 bits per heavy atom. The molecule has 4 aromatic rings. The molecule has 0 aliphatic carbocycles. The Morgan fingerprint density at radius 1 is 0.868 bits per heavy atom. The van der Waals surface area contributed by atoms with E-state index < -0.39 is 4.92 Å². The first kappa shape index (κ1) is 26.2. The second-order valence-corrected chi connectivity index (χ2v) is 8.38. The van der Waals surface area contributed by atoms with Crippen molar-refractivity contribution in [2.75, 3.05) is 33.8 Å². The normalized spacial score (nSPS) is 10.6. The Morgan fingerprint density at radius 3 is 2.11 bits per heavy atom. The summed E-state index contributed by atoms with van der Waals surface area (Å²) in [7, 11) is 6.22. The number of carbonyl (C=O) groups is 1. The maximum absolute atomic E-state index is 13.0. The minimum Gasteiger partial charge on any atom is -0.493 e. The summed E-state index contributed by atoms with van der Waals surface area (Å²) in [6.45, 7) is 0. The van der Waals surface area contributed by atoms with Crippen molar-refractivity contribution >= 4 is 28.1 Å². The van der Waals surface area contributed by atoms with Crippen molar-refractivity contribution in [3.05, 3.63) is 87.7 Å². The van der Waals surface area contributed by atoms with Gasteiger partial charge in [0.15, 0.2) is 23.0 Å². The quantitative estimate of drug-likeness (QED) is 0.232. The van der Waals surface area contributed by atoms with E-state index >= 15 is 0 Å². The van der Waals surface area contributed by atoms with Gasteiger partial charge in [-0.15, -0.1) is 0 Å². The molecule has 1 aromatic heterocycles. The van der Waals surface area contributed by atoms with Crippen LogP contribution in [0.4, 0.5) is 11.4 Å². The predicted octanol–water partition coefficient (Wildman–Crippen LogP) is 4.95. The van der Waals surface area contributed by atoms with Crippen LogP contribution in [0.15, 0.2) is 60.8 Å². The number of nitrogens with zero attached hydrogens (tertiary/aromatic N) is 2. The lowest BCUT2D eigenvalue weighted by molar-refractivity contribution is -0.384. The molecule has 0 atom stereocenters. The molecule has 0 fully saturated rings. The van der Waals surface area contributed by atoms with Crippen molar-refractivity contribution in [1.82, 2.24) is 4.98 Å². The maximum atomic E-state index is 13.0. The van der Waals surface area contributed by atoms with Gasteiger partial charge in [-0.1, -0.05) is 12.1 Å². The number of aromatic nitrogens is 1. The SMILES string of the molecule is COc1cc(Cc2nccc3cc(OC)c(OC)cc23)c(NC(=O)Cc2ccc([N+](=O)[O-])cc2)cc1OC. The van der Waals surface area contributed by atoms with Gasteiger partial charge in [0.2, 0.25) is 5.91 Å². The van der Waals surface area contributed by atoms with Crippen molar-refractivity contribution in [3.63, 3.8) is 0 Å². The lowest BCUT2D eigenvalue weighted by atomic mass is 10.0. The van der Waals surface area contributed by atoms with Crippen LogP contribution in [-0.2, 0) is 17.6 Å². The van der Waals surface area contributed by atoms with E-state index in [9.17, 15) is 14.9 Å². The lowest BCUT2D eigenvalue weighted by Crippen LogP contribution is -2.16. The molecule has 196 valence electrons. The van der Waals surface area contributed by atoms with Crippen molar-refractivity contribution in [2.45, 2.75) is 12.8 Å². The number of pyridine rings is 1. The summed E-state index contributed by atoms with van der Waals surface area (Å²) in [5.74, 6) is 1.87. The molecule has 0 radical (unpaired) electrons. The standard InChI is InChI=1S/C28H27N3O7/c1-35-24-13-18-9-10-29-23(21(18)15-26(24)37-3)12-19-14-25(36-2)27(38-4)16-22(19)30-28(32)11-17-5-7-20(8-6-17)31(33)34/h5-10,13-16H,11-12H2,1-4H3,(H,30,32). The van der Waals surface area contributed by atoms with E-state index in [1.165, 1.54) is 19.2 Å². The van der Waals surface area contributed by atoms with Crippen LogP contribution in [-0.4, -0.2) is 44.3 Å². The summed E-state index contributed by atoms with van der Waals surface area (Å²) in [6, 6.07) is 15.1. The zero-order valence-electron chi connectivity index (χ0n) is 21.4. The van der Waals surface area contributed by atoms with Gasteiger partial charge in [-0.2, -0.15) is 0 Å². The average Bonchev–Trinajstić information content (AvgIpc) is 2.93. The molecule has 1 N–H and O–H groups in total. The Hall–Kier alpha value is -4.86. The number of non-ortho nitro benzene ring substituents is 1. The number of hydrogen-bond acceptors (Lipinski definition) is 8. The van der Waals surface area contributed by atoms with E-state index in [4.69, 9.17) is 18.9 Å². The van der Waals surface area contributed by atoms with E-state index in [1.54, 1.807) is 45.7 Å². The number of benzene rings is 3. The molecule has 0 saturated heterocycles. The van der Waals surface area contributed by atoms with Gasteiger partial charge in [0, 0.05) is 41.9 Å². The molecule has 10 heteroatoms. The second-order valence-electron chi connectivity index (χ2n) is 8.38. The Balaban J connectivity index is 1.68. The first-order valence-corrected chi connectivity index (χ1v) is 11.6. The zero-order chi connectivity index (χ0) is 27.2. The van der Waals surface area contributed by atoms with Crippen LogP contribution in [0, 0.1) is 10.1 Å². The van der Waals surface area contributed by atoms with E-state index in [-0.39, 0.29) is 18.0 Å². The molecule has 0 unspecified atom stereocenters. The summed E-state index contributed by atoms with van der Waals surface area (Å²) in [5, 5.41) is 15.7. The summed E-state index contributed by atoms with van der Waals surface area (Å²) in [6.07, 6.45) is 2.13. The number of nitrogens with one attached hydrogen (secondary N) is 1. The highest BCUT2D eigenvalue weighted by molar-refractivity contribution is 5.94. The molecule has 0 bridgehead atoms. The number of hydrogen-bond donors (Lipinski definition) is 1. The smallest absolute Gasteiger partial charge is 0.269 e. The highest BCUT2D eigenvalue weighted by atomic mass is 16.6. The summed E-state index contributed by atoms with van der Waals surface area (Å²) in [5.41, 5.74) is 2.67. The number of ether oxygens (including phenoxy) is 4. The Bertz CT molecular complexity index is 1490. The number of rotatable bonds is 10. The second kappa shape index (κ2) is 11.5. The zero-order valence-corrected chi connectivity index (χ0v) is 21.4. The number of amides is 1. The Kier molecular flexibility index (Phi) is 7.91. The fourth-order valence-corrected chi connectivity index (χ4v) is 4.18. The molecule has 1 amide bonds. The minimum absolute atomic E-state index is 0.0341. The van der Waals surface area contributed by atoms with Gasteiger partial charge in [0.05, 0.1) is 45.5 Å². The van der Waals surface area contributed by atoms with Crippen molar-refractivity contribution in [1.29, 1.82) is 0 Å². The topological polar surface area (TPSA) is 122 Å². The number of methoxy groups -OCH3 is 4. The average molecular weight is 518 g/mol. The third kappa shape index (κ3) is 5.59. The lowest BCUT2D eigenvalue weighted by Gasteiger charge is -2.17. The van der Waals surface area contributed by atoms with Gasteiger partial charge in [0.1, 0.15) is 0 Å². The van der Waals surface area contributed by atoms with Gasteiger partial charge >= 0.3 is 0 Å². The Labute approximate surface area is 219 Å². The monoisotopic (exact) mass is 517 g/mol. The van der Waals surface area contributed by atoms with Gasteiger partial charge in [-0.25, -0.2) is 0 Å². The van der Waals surface area contributed by atoms with E-state index in [1.807, 2.05) is 24.3 Å². The van der Waals surface area contributed by atoms with Crippen molar-refractivity contribution in [3.8, 4) is 23.0 Å². The van der Waals surface area contributed by atoms with Gasteiger partial charge in [-0.05, 0) is 40.8 Å². The molecule has 0 spiro atoms. The molecule has 0 aliphatic rings. The van der Waals surface area contributed by atoms with Crippen molar-refractivity contribution in [2.24, 2.45) is 0 Å². The highest BCUT2D eigenvalue weighted by Crippen LogP contribution is 2.37. The van der Waals surface area contributed by atoms with Crippen LogP contribution in [0.25, 0.3) is 10.8 Å². The first-order chi connectivity index (χ1) is 18.4. The number of nitro groups is 1. The summed E-state index contributed by atoms with van der Waals surface area (Å²) in [4.78, 5) is 28.0. The summed E-state index contributed by atoms with van der Waals surface area (Å²) >= 11 is 0. The van der Waals surface area contributed by atoms with E-state index in [2.05, 4.69) is 10.3 Å². The van der Waals surface area contributed by atoms with Crippen LogP contribution < -0.4 is 24.3 Å². The van der Waals surface area contributed by atoms with E-state index in [0.717, 1.165) is 22.0 Å². The highest BCUT2D eigenvalue weighted by Gasteiger charge is 2.17. The van der Waals surface area contributed by atoms with Gasteiger partial charge in [-0.3, -0.25) is 19.9 Å². The fourth-order valence-electron chi connectivity index (χ4n) is 4.18. The first-order valence-electron chi connectivity index (χ1n) is 11.6. The number of carbonyl (C=O) groups excluding carboxylic acids is 1. The van der Waals surface area contributed by atoms with Gasteiger partial charge in [0.25, 0.3) is 5.69 Å². The van der Waals surface area contributed by atoms with Gasteiger partial charge < -0.3 is 24.3 Å². The largest absolute Gasteiger partial charge is 0.493 e. The maximum Gasteiger partial charge on any atom is 0.269 e. The molecule has 0 saturated carbocycles. The number of anilines is 1. The molecule has 0 aliphatic heterocycles.